The maximum absolute atomic E-state index is 11.9. The summed E-state index contributed by atoms with van der Waals surface area (Å²) in [5, 5.41) is 9.09. The normalized spacial score (nSPS) is 17.1. The standard InChI is InChI=1S/C14H20N4O4.3H3O4P/c15-5-7-21-6-1-2-10-8-18(14(20)17-13(10)16)12-4-3-11(9-19)22-12;3*1-5(2,3)4/h8,11-12,19H,3-7,9,15H2,(H2,16,17,20);3*(H3,1,2,3,4)/t11-,12+;;;/m0.../s1. The molecule has 2 heterocycles. The first kappa shape index (κ1) is 37.6. The molecule has 1 aliphatic heterocycles. The smallest absolute Gasteiger partial charge is 0.394 e. The average molecular weight is 602 g/mol. The van der Waals surface area contributed by atoms with Crippen LogP contribution in [0.25, 0.3) is 0 Å². The predicted molar refractivity (Wildman–Crippen MR) is 123 cm³/mol. The van der Waals surface area contributed by atoms with Crippen LogP contribution in [0, 0.1) is 11.8 Å². The summed E-state index contributed by atoms with van der Waals surface area (Å²) >= 11 is 0. The van der Waals surface area contributed by atoms with E-state index in [2.05, 4.69) is 16.8 Å². The Bertz CT molecular complexity index is 998. The molecule has 20 nitrogen and oxygen atoms in total. The van der Waals surface area contributed by atoms with Crippen molar-refractivity contribution in [3.8, 4) is 11.8 Å². The molecule has 216 valence electrons. The third-order valence-corrected chi connectivity index (χ3v) is 3.24. The summed E-state index contributed by atoms with van der Waals surface area (Å²) in [6.45, 7) is 1.02. The number of nitrogen functional groups attached to an aromatic ring is 1. The van der Waals surface area contributed by atoms with E-state index in [1.807, 2.05) is 0 Å². The maximum Gasteiger partial charge on any atom is 0.466 e. The van der Waals surface area contributed by atoms with Crippen LogP contribution in [0.5, 0.6) is 0 Å². The second kappa shape index (κ2) is 17.8. The summed E-state index contributed by atoms with van der Waals surface area (Å²) in [5.74, 6) is 5.68. The molecule has 1 fully saturated rings. The van der Waals surface area contributed by atoms with Crippen LogP contribution in [0.4, 0.5) is 5.82 Å². The van der Waals surface area contributed by atoms with E-state index < -0.39 is 35.4 Å². The molecule has 23 heteroatoms. The highest BCUT2D eigenvalue weighted by molar-refractivity contribution is 7.45. The number of anilines is 1. The van der Waals surface area contributed by atoms with Gasteiger partial charge >= 0.3 is 29.2 Å². The van der Waals surface area contributed by atoms with E-state index in [1.165, 1.54) is 10.8 Å². The number of nitrogens with zero attached hydrogens (tertiary/aromatic N) is 2. The van der Waals surface area contributed by atoms with Crippen LogP contribution < -0.4 is 17.2 Å². The Balaban J connectivity index is 0. The highest BCUT2D eigenvalue weighted by Crippen LogP contribution is 2.27. The molecule has 0 amide bonds. The van der Waals surface area contributed by atoms with Crippen molar-refractivity contribution in [2.45, 2.75) is 25.2 Å². The van der Waals surface area contributed by atoms with Gasteiger partial charge in [-0.25, -0.2) is 18.5 Å². The molecular weight excluding hydrogens is 573 g/mol. The van der Waals surface area contributed by atoms with Crippen LogP contribution in [0.3, 0.4) is 0 Å². The van der Waals surface area contributed by atoms with Crippen LogP contribution in [-0.4, -0.2) is 91.2 Å². The van der Waals surface area contributed by atoms with Crippen molar-refractivity contribution >= 4 is 29.3 Å². The van der Waals surface area contributed by atoms with Crippen LogP contribution in [0.15, 0.2) is 11.0 Å². The van der Waals surface area contributed by atoms with Crippen LogP contribution in [0.1, 0.15) is 24.6 Å². The maximum atomic E-state index is 11.9. The topological polar surface area (TPSA) is 359 Å². The molecule has 0 bridgehead atoms. The zero-order valence-electron chi connectivity index (χ0n) is 18.8. The van der Waals surface area contributed by atoms with Gasteiger partial charge in [0.25, 0.3) is 0 Å². The Morgan fingerprint density at radius 3 is 1.92 bits per heavy atom. The molecule has 0 aliphatic carbocycles. The molecule has 0 spiro atoms. The minimum Gasteiger partial charge on any atom is -0.394 e. The first-order chi connectivity index (χ1) is 16.7. The number of hydrogen-bond donors (Lipinski definition) is 12. The van der Waals surface area contributed by atoms with Crippen LogP contribution in [0.2, 0.25) is 0 Å². The van der Waals surface area contributed by atoms with Crippen molar-refractivity contribution in [3.63, 3.8) is 0 Å². The number of rotatable bonds is 5. The SMILES string of the molecule is NCCOCC#Cc1cn([C@H]2CC[C@@H](CO)O2)c(=O)nc1N.O=P(O)(O)O.O=P(O)(O)O.O=P(O)(O)O. The van der Waals surface area contributed by atoms with Crippen molar-refractivity contribution in [1.29, 1.82) is 0 Å². The van der Waals surface area contributed by atoms with Gasteiger partial charge in [0.2, 0.25) is 0 Å². The number of hydrogen-bond acceptors (Lipinski definition) is 10. The Kier molecular flexibility index (Phi) is 18.1. The molecule has 0 aromatic carbocycles. The molecule has 1 aromatic heterocycles. The van der Waals surface area contributed by atoms with Gasteiger partial charge in [-0.1, -0.05) is 11.8 Å². The lowest BCUT2D eigenvalue weighted by molar-refractivity contribution is -0.0245. The number of ether oxygens (including phenoxy) is 2. The molecule has 2 atom stereocenters. The van der Waals surface area contributed by atoms with Crippen molar-refractivity contribution in [1.82, 2.24) is 9.55 Å². The van der Waals surface area contributed by atoms with E-state index in [0.29, 0.717) is 31.6 Å². The average Bonchev–Trinajstić information content (AvgIpc) is 3.14. The van der Waals surface area contributed by atoms with E-state index in [0.717, 1.165) is 0 Å². The van der Waals surface area contributed by atoms with Crippen molar-refractivity contribution in [3.05, 3.63) is 22.2 Å². The number of nitrogens with two attached hydrogens (primary N) is 2. The van der Waals surface area contributed by atoms with Gasteiger partial charge in [-0.05, 0) is 12.8 Å². The summed E-state index contributed by atoms with van der Waals surface area (Å²) in [7, 11) is -13.9. The summed E-state index contributed by atoms with van der Waals surface area (Å²) in [5.41, 5.74) is 11.0. The van der Waals surface area contributed by atoms with E-state index in [4.69, 9.17) is 83.8 Å². The number of aromatic nitrogens is 2. The van der Waals surface area contributed by atoms with Crippen molar-refractivity contribution in [2.24, 2.45) is 5.73 Å². The van der Waals surface area contributed by atoms with E-state index in [1.54, 1.807) is 0 Å². The summed E-state index contributed by atoms with van der Waals surface area (Å²) in [4.78, 5) is 80.4. The molecule has 1 saturated heterocycles. The van der Waals surface area contributed by atoms with E-state index >= 15 is 0 Å². The van der Waals surface area contributed by atoms with Gasteiger partial charge < -0.3 is 70.1 Å². The fourth-order valence-corrected chi connectivity index (χ4v) is 2.15. The molecular formula is C14H29N4O16P3. The lowest BCUT2D eigenvalue weighted by Gasteiger charge is -2.15. The molecule has 1 aliphatic rings. The third-order valence-electron chi connectivity index (χ3n) is 3.24. The number of aliphatic hydroxyl groups excluding tert-OH is 1. The summed E-state index contributed by atoms with van der Waals surface area (Å²) in [6.07, 6.45) is 2.14. The summed E-state index contributed by atoms with van der Waals surface area (Å²) in [6, 6.07) is 0. The van der Waals surface area contributed by atoms with Gasteiger partial charge in [-0.15, -0.1) is 0 Å². The van der Waals surface area contributed by atoms with Crippen molar-refractivity contribution in [2.75, 3.05) is 32.1 Å². The second-order valence-corrected chi connectivity index (χ2v) is 9.46. The van der Waals surface area contributed by atoms with Gasteiger partial charge in [0.1, 0.15) is 18.7 Å². The summed E-state index contributed by atoms with van der Waals surface area (Å²) < 4.78 is 38.7. The molecule has 2 rings (SSSR count). The van der Waals surface area contributed by atoms with E-state index in [9.17, 15) is 4.79 Å². The largest absolute Gasteiger partial charge is 0.466 e. The first-order valence-corrected chi connectivity index (χ1v) is 14.1. The van der Waals surface area contributed by atoms with Crippen molar-refractivity contribution < 1.29 is 72.3 Å². The van der Waals surface area contributed by atoms with Crippen LogP contribution in [-0.2, 0) is 23.2 Å². The third kappa shape index (κ3) is 27.3. The minimum atomic E-state index is -4.64. The lowest BCUT2D eigenvalue weighted by Crippen LogP contribution is -2.28. The van der Waals surface area contributed by atoms with E-state index in [-0.39, 0.29) is 25.1 Å². The first-order valence-electron chi connectivity index (χ1n) is 9.42. The van der Waals surface area contributed by atoms with Crippen LogP contribution >= 0.6 is 23.5 Å². The predicted octanol–water partition coefficient (Wildman–Crippen LogP) is -3.96. The molecule has 0 radical (unpaired) electrons. The monoisotopic (exact) mass is 602 g/mol. The zero-order chi connectivity index (χ0) is 29.4. The fraction of sp³-hybridized carbons (Fsp3) is 0.571. The van der Waals surface area contributed by atoms with Gasteiger partial charge in [0.05, 0.1) is 24.9 Å². The van der Waals surface area contributed by atoms with Gasteiger partial charge in [-0.2, -0.15) is 4.98 Å². The fourth-order valence-electron chi connectivity index (χ4n) is 2.15. The molecule has 0 unspecified atom stereocenters. The Morgan fingerprint density at radius 1 is 1.03 bits per heavy atom. The number of aliphatic hydroxyl groups is 1. The Morgan fingerprint density at radius 2 is 1.51 bits per heavy atom. The highest BCUT2D eigenvalue weighted by atomic mass is 31.2. The Hall–Kier alpha value is -1.59. The number of phosphoric acid groups is 3. The molecule has 1 aromatic rings. The molecule has 37 heavy (non-hydrogen) atoms. The van der Waals surface area contributed by atoms with Gasteiger partial charge in [-0.3, -0.25) is 4.57 Å². The second-order valence-electron chi connectivity index (χ2n) is 6.39. The molecule has 14 N–H and O–H groups in total. The highest BCUT2D eigenvalue weighted by Gasteiger charge is 2.27. The Labute approximate surface area is 208 Å². The van der Waals surface area contributed by atoms with Gasteiger partial charge in [0, 0.05) is 12.7 Å². The van der Waals surface area contributed by atoms with Gasteiger partial charge in [0.15, 0.2) is 0 Å². The zero-order valence-corrected chi connectivity index (χ0v) is 21.5. The molecule has 0 saturated carbocycles. The quantitative estimate of drug-likeness (QED) is 0.0868. The minimum absolute atomic E-state index is 0.0706. The lowest BCUT2D eigenvalue weighted by atomic mass is 10.2.